The first kappa shape index (κ1) is 16.0. The lowest BCUT2D eigenvalue weighted by atomic mass is 10.1. The maximum absolute atomic E-state index is 13.1. The van der Waals surface area contributed by atoms with Gasteiger partial charge >= 0.3 is 6.03 Å². The fourth-order valence-corrected chi connectivity index (χ4v) is 2.17. The summed E-state index contributed by atoms with van der Waals surface area (Å²) in [6.45, 7) is 2.69. The molecule has 1 aromatic carbocycles. The molecule has 0 aliphatic heterocycles. The summed E-state index contributed by atoms with van der Waals surface area (Å²) in [5.41, 5.74) is 0.779. The maximum atomic E-state index is 13.1. The first-order valence-electron chi connectivity index (χ1n) is 7.39. The average molecular weight is 304 g/mol. The van der Waals surface area contributed by atoms with Crippen molar-refractivity contribution in [1.29, 1.82) is 0 Å². The number of hydrogen-bond donors (Lipinski definition) is 2. The number of carbonyl (C=O) groups excluding carboxylic acids is 1. The van der Waals surface area contributed by atoms with Gasteiger partial charge in [-0.1, -0.05) is 25.5 Å². The summed E-state index contributed by atoms with van der Waals surface area (Å²) < 4.78 is 15.0. The largest absolute Gasteiger partial charge is 0.338 e. The third-order valence-corrected chi connectivity index (χ3v) is 3.41. The van der Waals surface area contributed by atoms with Gasteiger partial charge in [-0.05, 0) is 24.1 Å². The smallest absolute Gasteiger partial charge is 0.315 e. The van der Waals surface area contributed by atoms with Gasteiger partial charge in [0.2, 0.25) is 0 Å². The molecular weight excluding hydrogens is 283 g/mol. The molecule has 0 bridgehead atoms. The lowest BCUT2D eigenvalue weighted by Gasteiger charge is -2.19. The van der Waals surface area contributed by atoms with Crippen molar-refractivity contribution in [2.45, 2.75) is 25.8 Å². The van der Waals surface area contributed by atoms with E-state index >= 15 is 0 Å². The molecule has 1 atom stereocenters. The molecule has 2 N–H and O–H groups in total. The maximum Gasteiger partial charge on any atom is 0.315 e. The minimum Gasteiger partial charge on any atom is -0.338 e. The highest BCUT2D eigenvalue weighted by atomic mass is 19.1. The highest BCUT2D eigenvalue weighted by Crippen LogP contribution is 2.20. The first-order chi connectivity index (χ1) is 10.6. The molecule has 0 spiro atoms. The number of imidazole rings is 1. The topological polar surface area (TPSA) is 59.0 Å². The van der Waals surface area contributed by atoms with Gasteiger partial charge in [0.1, 0.15) is 17.7 Å². The fraction of sp³-hybridized carbons (Fsp3) is 0.375. The van der Waals surface area contributed by atoms with Crippen molar-refractivity contribution in [1.82, 2.24) is 20.2 Å². The predicted octanol–water partition coefficient (Wildman–Crippen LogP) is 2.75. The van der Waals surface area contributed by atoms with Crippen molar-refractivity contribution in [2.75, 3.05) is 6.54 Å². The number of unbranched alkanes of at least 4 members (excludes halogenated alkanes) is 1. The Kier molecular flexibility index (Phi) is 5.52. The van der Waals surface area contributed by atoms with Gasteiger partial charge < -0.3 is 15.2 Å². The van der Waals surface area contributed by atoms with Gasteiger partial charge in [0.25, 0.3) is 0 Å². The van der Waals surface area contributed by atoms with Crippen molar-refractivity contribution < 1.29 is 9.18 Å². The number of hydrogen-bond acceptors (Lipinski definition) is 2. The van der Waals surface area contributed by atoms with Crippen LogP contribution in [0.3, 0.4) is 0 Å². The number of nitrogens with one attached hydrogen (secondary N) is 2. The van der Waals surface area contributed by atoms with Gasteiger partial charge in [-0.15, -0.1) is 0 Å². The van der Waals surface area contributed by atoms with Crippen LogP contribution >= 0.6 is 0 Å². The Hall–Kier alpha value is -2.37. The third kappa shape index (κ3) is 4.07. The zero-order chi connectivity index (χ0) is 15.9. The summed E-state index contributed by atoms with van der Waals surface area (Å²) >= 11 is 0. The van der Waals surface area contributed by atoms with Crippen LogP contribution in [0.4, 0.5) is 9.18 Å². The van der Waals surface area contributed by atoms with Gasteiger partial charge in [0.15, 0.2) is 0 Å². The van der Waals surface area contributed by atoms with E-state index < -0.39 is 6.04 Å². The molecule has 1 aromatic heterocycles. The van der Waals surface area contributed by atoms with Gasteiger partial charge in [0.05, 0.1) is 0 Å². The van der Waals surface area contributed by atoms with Crippen LogP contribution in [0.15, 0.2) is 36.7 Å². The van der Waals surface area contributed by atoms with Crippen LogP contribution in [0.5, 0.6) is 0 Å². The van der Waals surface area contributed by atoms with E-state index in [0.717, 1.165) is 18.4 Å². The van der Waals surface area contributed by atoms with E-state index in [1.165, 1.54) is 12.1 Å². The second-order valence-electron chi connectivity index (χ2n) is 5.13. The number of urea groups is 1. The summed E-state index contributed by atoms with van der Waals surface area (Å²) in [7, 11) is 1.86. The quantitative estimate of drug-likeness (QED) is 0.806. The molecule has 6 heteroatoms. The lowest BCUT2D eigenvalue weighted by Crippen LogP contribution is -2.39. The average Bonchev–Trinajstić information content (AvgIpc) is 2.92. The van der Waals surface area contributed by atoms with Crippen molar-refractivity contribution in [2.24, 2.45) is 7.05 Å². The Morgan fingerprint density at radius 3 is 2.68 bits per heavy atom. The monoisotopic (exact) mass is 304 g/mol. The van der Waals surface area contributed by atoms with Gasteiger partial charge in [-0.2, -0.15) is 0 Å². The molecule has 0 saturated heterocycles. The predicted molar refractivity (Wildman–Crippen MR) is 82.9 cm³/mol. The molecule has 5 nitrogen and oxygen atoms in total. The SMILES string of the molecule is CCCCNC(=O)N[C@@H](c1ccc(F)cc1)c1nccn1C. The number of benzene rings is 1. The van der Waals surface area contributed by atoms with Crippen molar-refractivity contribution >= 4 is 6.03 Å². The van der Waals surface area contributed by atoms with E-state index in [9.17, 15) is 9.18 Å². The number of carbonyl (C=O) groups is 1. The van der Waals surface area contributed by atoms with E-state index in [1.54, 1.807) is 18.3 Å². The molecule has 2 aromatic rings. The molecule has 0 radical (unpaired) electrons. The zero-order valence-corrected chi connectivity index (χ0v) is 12.8. The Labute approximate surface area is 129 Å². The van der Waals surface area contributed by atoms with Crippen LogP contribution in [0.25, 0.3) is 0 Å². The summed E-state index contributed by atoms with van der Waals surface area (Å²) in [4.78, 5) is 16.3. The van der Waals surface area contributed by atoms with Crippen molar-refractivity contribution in [3.05, 3.63) is 53.9 Å². The van der Waals surface area contributed by atoms with Crippen molar-refractivity contribution in [3.63, 3.8) is 0 Å². The highest BCUT2D eigenvalue weighted by molar-refractivity contribution is 5.74. The van der Waals surface area contributed by atoms with E-state index in [-0.39, 0.29) is 11.8 Å². The molecule has 0 fully saturated rings. The number of nitrogens with zero attached hydrogens (tertiary/aromatic N) is 2. The molecule has 2 rings (SSSR count). The molecule has 0 aliphatic carbocycles. The van der Waals surface area contributed by atoms with Crippen LogP contribution in [0.1, 0.15) is 37.2 Å². The minimum absolute atomic E-state index is 0.259. The molecule has 0 unspecified atom stereocenters. The van der Waals surface area contributed by atoms with Crippen LogP contribution < -0.4 is 10.6 Å². The Balaban J connectivity index is 2.17. The minimum atomic E-state index is -0.428. The number of rotatable bonds is 6. The Bertz CT molecular complexity index is 609. The van der Waals surface area contributed by atoms with Crippen molar-refractivity contribution in [3.8, 4) is 0 Å². The number of halogens is 1. The first-order valence-corrected chi connectivity index (χ1v) is 7.39. The Morgan fingerprint density at radius 1 is 1.36 bits per heavy atom. The van der Waals surface area contributed by atoms with E-state index in [0.29, 0.717) is 12.4 Å². The van der Waals surface area contributed by atoms with Gasteiger partial charge in [-0.25, -0.2) is 14.2 Å². The van der Waals surface area contributed by atoms with Crippen LogP contribution in [-0.2, 0) is 7.05 Å². The summed E-state index contributed by atoms with van der Waals surface area (Å²) in [5, 5.41) is 5.71. The van der Waals surface area contributed by atoms with Crippen LogP contribution in [-0.4, -0.2) is 22.1 Å². The molecule has 0 saturated carbocycles. The normalized spacial score (nSPS) is 12.0. The second-order valence-corrected chi connectivity index (χ2v) is 5.13. The van der Waals surface area contributed by atoms with E-state index in [2.05, 4.69) is 22.5 Å². The highest BCUT2D eigenvalue weighted by Gasteiger charge is 2.20. The van der Waals surface area contributed by atoms with E-state index in [4.69, 9.17) is 0 Å². The van der Waals surface area contributed by atoms with Crippen LogP contribution in [0.2, 0.25) is 0 Å². The molecule has 0 aliphatic rings. The second kappa shape index (κ2) is 7.59. The lowest BCUT2D eigenvalue weighted by molar-refractivity contribution is 0.238. The molecule has 1 heterocycles. The van der Waals surface area contributed by atoms with E-state index in [1.807, 2.05) is 17.8 Å². The number of amides is 2. The van der Waals surface area contributed by atoms with Gasteiger partial charge in [-0.3, -0.25) is 0 Å². The summed E-state index contributed by atoms with van der Waals surface area (Å²) in [5.74, 6) is 0.381. The summed E-state index contributed by atoms with van der Waals surface area (Å²) in [6, 6.07) is 5.37. The van der Waals surface area contributed by atoms with Crippen LogP contribution in [0, 0.1) is 5.82 Å². The number of aryl methyl sites for hydroxylation is 1. The molecular formula is C16H21FN4O. The molecule has 22 heavy (non-hydrogen) atoms. The third-order valence-electron chi connectivity index (χ3n) is 3.41. The standard InChI is InChI=1S/C16H21FN4O/c1-3-4-9-19-16(22)20-14(15-18-10-11-21(15)2)12-5-7-13(17)8-6-12/h5-8,10-11,14H,3-4,9H2,1-2H3,(H2,19,20,22)/t14-/m0/s1. The zero-order valence-electron chi connectivity index (χ0n) is 12.8. The number of aromatic nitrogens is 2. The van der Waals surface area contributed by atoms with Gasteiger partial charge in [0, 0.05) is 26.0 Å². The molecule has 118 valence electrons. The summed E-state index contributed by atoms with van der Waals surface area (Å²) in [6.07, 6.45) is 5.42. The fourth-order valence-electron chi connectivity index (χ4n) is 2.17. The molecule has 2 amide bonds. The Morgan fingerprint density at radius 2 is 2.09 bits per heavy atom.